The van der Waals surface area contributed by atoms with Crippen LogP contribution in [-0.2, 0) is 19.4 Å². The first-order valence-electron chi connectivity index (χ1n) is 7.01. The molecule has 1 unspecified atom stereocenters. The van der Waals surface area contributed by atoms with Crippen molar-refractivity contribution in [3.05, 3.63) is 29.0 Å². The predicted octanol–water partition coefficient (Wildman–Crippen LogP) is 1.45. The quantitative estimate of drug-likeness (QED) is 0.825. The van der Waals surface area contributed by atoms with Gasteiger partial charge in [0.25, 0.3) is 0 Å². The molecule has 9 heteroatoms. The summed E-state index contributed by atoms with van der Waals surface area (Å²) in [6.07, 6.45) is 0.317. The monoisotopic (exact) mass is 362 g/mol. The third kappa shape index (κ3) is 4.20. The van der Waals surface area contributed by atoms with E-state index < -0.39 is 33.5 Å². The molecule has 1 fully saturated rings. The fourth-order valence-electron chi connectivity index (χ4n) is 2.48. The molecule has 2 rings (SSSR count). The van der Waals surface area contributed by atoms with E-state index in [9.17, 15) is 22.4 Å². The third-order valence-corrected chi connectivity index (χ3v) is 5.66. The van der Waals surface area contributed by atoms with E-state index in [1.165, 1.54) is 17.0 Å². The van der Waals surface area contributed by atoms with Crippen molar-refractivity contribution in [2.45, 2.75) is 19.4 Å². The lowest BCUT2D eigenvalue weighted by molar-refractivity contribution is -0.144. The average Bonchev–Trinajstić information content (AvgIpc) is 2.83. The third-order valence-electron chi connectivity index (χ3n) is 3.62. The molecule has 2 amide bonds. The second-order valence-electron chi connectivity index (χ2n) is 5.23. The van der Waals surface area contributed by atoms with Gasteiger partial charge in [-0.3, -0.25) is 9.59 Å². The number of carbonyl (C=O) groups excluding carboxylic acids is 2. The number of nitrogens with zero attached hydrogens (tertiary/aromatic N) is 1. The number of carbonyl (C=O) groups is 2. The van der Waals surface area contributed by atoms with Crippen molar-refractivity contribution in [1.82, 2.24) is 4.90 Å². The minimum atomic E-state index is -3.16. The normalized spacial score (nSPS) is 19.3. The Kier molecular flexibility index (Phi) is 5.26. The van der Waals surface area contributed by atoms with Gasteiger partial charge in [0.2, 0.25) is 0 Å². The maximum atomic E-state index is 13.1. The Balaban J connectivity index is 2.08. The molecular formula is C14H16ClFN2O4S. The van der Waals surface area contributed by atoms with Gasteiger partial charge in [0.1, 0.15) is 5.82 Å². The number of halogens is 2. The van der Waals surface area contributed by atoms with E-state index in [1.54, 1.807) is 6.92 Å². The first-order valence-corrected chi connectivity index (χ1v) is 9.21. The molecule has 1 N–H and O–H groups in total. The highest BCUT2D eigenvalue weighted by Crippen LogP contribution is 2.20. The number of benzene rings is 1. The van der Waals surface area contributed by atoms with Gasteiger partial charge in [-0.05, 0) is 31.5 Å². The number of sulfone groups is 1. The number of rotatable bonds is 3. The van der Waals surface area contributed by atoms with Crippen molar-refractivity contribution >= 4 is 38.9 Å². The summed E-state index contributed by atoms with van der Waals surface area (Å²) in [7, 11) is -3.16. The molecule has 0 aromatic heterocycles. The van der Waals surface area contributed by atoms with E-state index in [-0.39, 0.29) is 28.8 Å². The highest BCUT2D eigenvalue weighted by atomic mass is 35.5. The zero-order valence-corrected chi connectivity index (χ0v) is 14.0. The maximum Gasteiger partial charge on any atom is 0.313 e. The highest BCUT2D eigenvalue weighted by molar-refractivity contribution is 7.91. The molecule has 0 spiro atoms. The molecule has 126 valence electrons. The molecule has 1 atom stereocenters. The largest absolute Gasteiger partial charge is 0.331 e. The van der Waals surface area contributed by atoms with Gasteiger partial charge in [-0.15, -0.1) is 0 Å². The lowest BCUT2D eigenvalue weighted by Crippen LogP contribution is -2.46. The second kappa shape index (κ2) is 6.84. The summed E-state index contributed by atoms with van der Waals surface area (Å²) >= 11 is 5.61. The Morgan fingerprint density at radius 3 is 2.65 bits per heavy atom. The summed E-state index contributed by atoms with van der Waals surface area (Å²) in [4.78, 5) is 25.5. The molecule has 23 heavy (non-hydrogen) atoms. The first-order chi connectivity index (χ1) is 10.7. The molecular weight excluding hydrogens is 347 g/mol. The van der Waals surface area contributed by atoms with Gasteiger partial charge in [-0.1, -0.05) is 11.6 Å². The summed E-state index contributed by atoms with van der Waals surface area (Å²) < 4.78 is 36.1. The predicted molar refractivity (Wildman–Crippen MR) is 84.5 cm³/mol. The van der Waals surface area contributed by atoms with E-state index >= 15 is 0 Å². The topological polar surface area (TPSA) is 83.6 Å². The zero-order valence-electron chi connectivity index (χ0n) is 12.4. The number of hydrogen-bond acceptors (Lipinski definition) is 4. The molecule has 1 aromatic carbocycles. The van der Waals surface area contributed by atoms with Crippen LogP contribution in [0.15, 0.2) is 18.2 Å². The molecule has 1 saturated heterocycles. The minimum Gasteiger partial charge on any atom is -0.331 e. The first kappa shape index (κ1) is 17.7. The number of anilines is 1. The van der Waals surface area contributed by atoms with E-state index in [0.717, 1.165) is 6.07 Å². The number of hydrogen-bond donors (Lipinski definition) is 1. The van der Waals surface area contributed by atoms with Gasteiger partial charge in [-0.2, -0.15) is 0 Å². The van der Waals surface area contributed by atoms with E-state index in [0.29, 0.717) is 6.42 Å². The Morgan fingerprint density at radius 1 is 1.43 bits per heavy atom. The summed E-state index contributed by atoms with van der Waals surface area (Å²) in [5.41, 5.74) is 0.185. The summed E-state index contributed by atoms with van der Waals surface area (Å²) in [6, 6.07) is 3.05. The van der Waals surface area contributed by atoms with Gasteiger partial charge < -0.3 is 10.2 Å². The van der Waals surface area contributed by atoms with E-state index in [4.69, 9.17) is 11.6 Å². The number of likely N-dealkylation sites (N-methyl/N-ethyl adjacent to an activating group) is 1. The van der Waals surface area contributed by atoms with Crippen molar-refractivity contribution < 1.29 is 22.4 Å². The maximum absolute atomic E-state index is 13.1. The van der Waals surface area contributed by atoms with Crippen molar-refractivity contribution in [3.8, 4) is 0 Å². The minimum absolute atomic E-state index is 0.0106. The summed E-state index contributed by atoms with van der Waals surface area (Å²) in [5, 5.41) is 2.16. The molecule has 1 aromatic rings. The smallest absolute Gasteiger partial charge is 0.313 e. The number of amides is 2. The average molecular weight is 363 g/mol. The van der Waals surface area contributed by atoms with Crippen molar-refractivity contribution in [2.24, 2.45) is 0 Å². The molecule has 0 saturated carbocycles. The summed E-state index contributed by atoms with van der Waals surface area (Å²) in [6.45, 7) is 1.89. The Morgan fingerprint density at radius 2 is 2.13 bits per heavy atom. The van der Waals surface area contributed by atoms with Crippen LogP contribution in [0.5, 0.6) is 0 Å². The zero-order chi connectivity index (χ0) is 17.2. The van der Waals surface area contributed by atoms with Crippen LogP contribution >= 0.6 is 11.6 Å². The van der Waals surface area contributed by atoms with Crippen LogP contribution in [0.3, 0.4) is 0 Å². The molecule has 0 bridgehead atoms. The van der Waals surface area contributed by atoms with E-state index in [2.05, 4.69) is 5.32 Å². The fourth-order valence-corrected chi connectivity index (χ4v) is 4.39. The van der Waals surface area contributed by atoms with Crippen molar-refractivity contribution in [3.63, 3.8) is 0 Å². The van der Waals surface area contributed by atoms with Crippen molar-refractivity contribution in [1.29, 1.82) is 0 Å². The van der Waals surface area contributed by atoms with Gasteiger partial charge in [-0.25, -0.2) is 12.8 Å². The molecule has 0 aliphatic carbocycles. The molecule has 0 radical (unpaired) electrons. The Hall–Kier alpha value is -1.67. The van der Waals surface area contributed by atoms with Gasteiger partial charge >= 0.3 is 11.8 Å². The lowest BCUT2D eigenvalue weighted by Gasteiger charge is -2.26. The van der Waals surface area contributed by atoms with Crippen molar-refractivity contribution in [2.75, 3.05) is 23.4 Å². The highest BCUT2D eigenvalue weighted by Gasteiger charge is 2.35. The summed E-state index contributed by atoms with van der Waals surface area (Å²) in [5.74, 6) is -2.50. The van der Waals surface area contributed by atoms with Gasteiger partial charge in [0, 0.05) is 18.3 Å². The SMILES string of the molecule is CCN(C(=O)C(=O)Nc1ccc(F)c(Cl)c1)C1CCS(=O)(=O)C1. The molecule has 1 heterocycles. The standard InChI is InChI=1S/C14H16ClFN2O4S/c1-2-18(10-5-6-23(21,22)8-10)14(20)13(19)17-9-3-4-12(16)11(15)7-9/h3-4,7,10H,2,5-6,8H2,1H3,(H,17,19). The number of nitrogens with one attached hydrogen (secondary N) is 1. The van der Waals surface area contributed by atoms with Crippen LogP contribution in [0.4, 0.5) is 10.1 Å². The van der Waals surface area contributed by atoms with Crippen LogP contribution < -0.4 is 5.32 Å². The Labute approximate surface area is 138 Å². The van der Waals surface area contributed by atoms with Crippen LogP contribution in [0, 0.1) is 5.82 Å². The lowest BCUT2D eigenvalue weighted by atomic mass is 10.2. The fraction of sp³-hybridized carbons (Fsp3) is 0.429. The second-order valence-corrected chi connectivity index (χ2v) is 7.87. The van der Waals surface area contributed by atoms with Crippen LogP contribution in [0.25, 0.3) is 0 Å². The van der Waals surface area contributed by atoms with Gasteiger partial charge in [0.05, 0.1) is 16.5 Å². The Bertz CT molecular complexity index is 738. The van der Waals surface area contributed by atoms with Crippen LogP contribution in [-0.4, -0.2) is 49.2 Å². The molecule has 6 nitrogen and oxygen atoms in total. The van der Waals surface area contributed by atoms with Crippen LogP contribution in [0.1, 0.15) is 13.3 Å². The molecule has 1 aliphatic rings. The van der Waals surface area contributed by atoms with Gasteiger partial charge in [0.15, 0.2) is 9.84 Å². The van der Waals surface area contributed by atoms with E-state index in [1.807, 2.05) is 0 Å². The molecule has 1 aliphatic heterocycles. The van der Waals surface area contributed by atoms with Crippen LogP contribution in [0.2, 0.25) is 5.02 Å².